The lowest BCUT2D eigenvalue weighted by molar-refractivity contribution is 0.301. The van der Waals surface area contributed by atoms with Crippen molar-refractivity contribution in [2.24, 2.45) is 0 Å². The molecule has 76 valence electrons. The summed E-state index contributed by atoms with van der Waals surface area (Å²) in [5.74, 6) is 0.913. The highest BCUT2D eigenvalue weighted by Gasteiger charge is 2.20. The van der Waals surface area contributed by atoms with Gasteiger partial charge in [0.1, 0.15) is 6.61 Å². The van der Waals surface area contributed by atoms with Crippen molar-refractivity contribution in [2.45, 2.75) is 26.8 Å². The summed E-state index contributed by atoms with van der Waals surface area (Å²) >= 11 is 0. The molecule has 0 aliphatic carbocycles. The number of aryl methyl sites for hydroxylation is 1. The smallest absolute Gasteiger partial charge is 0.160 e. The Bertz CT molecular complexity index is 336. The molecular weight excluding hydrogens is 176 g/mol. The number of aromatic nitrogens is 1. The molecule has 3 nitrogen and oxygen atoms in total. The Labute approximate surface area is 84.7 Å². The van der Waals surface area contributed by atoms with E-state index in [1.165, 1.54) is 5.69 Å². The molecule has 2 rings (SSSR count). The lowest BCUT2D eigenvalue weighted by Crippen LogP contribution is -2.38. The molecular formula is C11H16N2O. The first-order valence-electron chi connectivity index (χ1n) is 5.04. The molecule has 14 heavy (non-hydrogen) atoms. The molecule has 0 amide bonds. The number of pyridine rings is 1. The average molecular weight is 192 g/mol. The van der Waals surface area contributed by atoms with Crippen LogP contribution in [0, 0.1) is 6.92 Å². The van der Waals surface area contributed by atoms with E-state index in [2.05, 4.69) is 29.8 Å². The molecule has 0 N–H and O–H groups in total. The molecule has 0 radical (unpaired) electrons. The first kappa shape index (κ1) is 9.31. The normalized spacial score (nSPS) is 15.3. The van der Waals surface area contributed by atoms with Crippen molar-refractivity contribution < 1.29 is 4.74 Å². The van der Waals surface area contributed by atoms with Crippen molar-refractivity contribution in [3.8, 4) is 5.75 Å². The van der Waals surface area contributed by atoms with Crippen molar-refractivity contribution in [3.05, 3.63) is 18.0 Å². The largest absolute Gasteiger partial charge is 0.488 e. The number of hydrogen-bond donors (Lipinski definition) is 0. The molecule has 0 bridgehead atoms. The summed E-state index contributed by atoms with van der Waals surface area (Å²) in [6.07, 6.45) is 1.82. The summed E-state index contributed by atoms with van der Waals surface area (Å²) < 4.78 is 5.55. The van der Waals surface area contributed by atoms with Crippen LogP contribution in [0.3, 0.4) is 0 Å². The molecule has 3 heteroatoms. The number of fused-ring (bicyclic) bond motifs is 1. The summed E-state index contributed by atoms with van der Waals surface area (Å²) in [7, 11) is 0. The highest BCUT2D eigenvalue weighted by Crippen LogP contribution is 2.32. The van der Waals surface area contributed by atoms with Gasteiger partial charge >= 0.3 is 0 Å². The van der Waals surface area contributed by atoms with Crippen molar-refractivity contribution in [1.29, 1.82) is 0 Å². The van der Waals surface area contributed by atoms with E-state index in [4.69, 9.17) is 4.74 Å². The number of ether oxygens (including phenoxy) is 1. The zero-order valence-corrected chi connectivity index (χ0v) is 8.95. The molecule has 1 aliphatic heterocycles. The molecule has 0 aromatic carbocycles. The maximum Gasteiger partial charge on any atom is 0.160 e. The lowest BCUT2D eigenvalue weighted by Gasteiger charge is -2.34. The Kier molecular flexibility index (Phi) is 2.32. The van der Waals surface area contributed by atoms with Gasteiger partial charge in [0.15, 0.2) is 5.75 Å². The number of nitrogens with zero attached hydrogens (tertiary/aromatic N) is 2. The Morgan fingerprint density at radius 1 is 1.50 bits per heavy atom. The molecule has 0 fully saturated rings. The highest BCUT2D eigenvalue weighted by atomic mass is 16.5. The third-order valence-corrected chi connectivity index (χ3v) is 2.51. The van der Waals surface area contributed by atoms with E-state index in [-0.39, 0.29) is 0 Å². The Morgan fingerprint density at radius 3 is 3.00 bits per heavy atom. The Balaban J connectivity index is 2.41. The number of anilines is 1. The second-order valence-electron chi connectivity index (χ2n) is 3.93. The topological polar surface area (TPSA) is 25.4 Å². The van der Waals surface area contributed by atoms with Crippen LogP contribution in [0.2, 0.25) is 0 Å². The SMILES string of the molecule is Cc1cc2c(cn1)OCCN2C(C)C. The van der Waals surface area contributed by atoms with Crippen LogP contribution in [0.25, 0.3) is 0 Å². The van der Waals surface area contributed by atoms with Crippen molar-refractivity contribution in [1.82, 2.24) is 4.98 Å². The van der Waals surface area contributed by atoms with E-state index in [0.29, 0.717) is 6.04 Å². The molecule has 1 aliphatic rings. The summed E-state index contributed by atoms with van der Waals surface area (Å²) in [4.78, 5) is 6.59. The standard InChI is InChI=1S/C11H16N2O/c1-8(2)13-4-5-14-11-7-12-9(3)6-10(11)13/h6-8H,4-5H2,1-3H3. The van der Waals surface area contributed by atoms with Gasteiger partial charge in [-0.15, -0.1) is 0 Å². The summed E-state index contributed by atoms with van der Waals surface area (Å²) in [5, 5.41) is 0. The second kappa shape index (κ2) is 3.48. The number of rotatable bonds is 1. The number of hydrogen-bond acceptors (Lipinski definition) is 3. The van der Waals surface area contributed by atoms with Crippen LogP contribution in [0.1, 0.15) is 19.5 Å². The first-order valence-corrected chi connectivity index (χ1v) is 5.04. The highest BCUT2D eigenvalue weighted by molar-refractivity contribution is 5.60. The Hall–Kier alpha value is -1.25. The summed E-state index contributed by atoms with van der Waals surface area (Å²) in [5.41, 5.74) is 2.22. The monoisotopic (exact) mass is 192 g/mol. The molecule has 1 aromatic heterocycles. The van der Waals surface area contributed by atoms with E-state index in [9.17, 15) is 0 Å². The Morgan fingerprint density at radius 2 is 2.29 bits per heavy atom. The molecule has 0 atom stereocenters. The third kappa shape index (κ3) is 1.54. The lowest BCUT2D eigenvalue weighted by atomic mass is 10.2. The second-order valence-corrected chi connectivity index (χ2v) is 3.93. The predicted octanol–water partition coefficient (Wildman–Crippen LogP) is 2.00. The maximum absolute atomic E-state index is 5.55. The van der Waals surface area contributed by atoms with Gasteiger partial charge < -0.3 is 9.64 Å². The van der Waals surface area contributed by atoms with E-state index in [1.54, 1.807) is 0 Å². The fourth-order valence-electron chi connectivity index (χ4n) is 1.78. The van der Waals surface area contributed by atoms with Gasteiger partial charge in [0.05, 0.1) is 18.4 Å². The van der Waals surface area contributed by atoms with Gasteiger partial charge in [-0.2, -0.15) is 0 Å². The van der Waals surface area contributed by atoms with Crippen LogP contribution in [0.5, 0.6) is 5.75 Å². The molecule has 0 spiro atoms. The van der Waals surface area contributed by atoms with Gasteiger partial charge in [-0.25, -0.2) is 0 Å². The minimum atomic E-state index is 0.513. The van der Waals surface area contributed by atoms with E-state index < -0.39 is 0 Å². The van der Waals surface area contributed by atoms with Crippen LogP contribution < -0.4 is 9.64 Å². The first-order chi connectivity index (χ1) is 6.68. The zero-order chi connectivity index (χ0) is 10.1. The minimum absolute atomic E-state index is 0.513. The van der Waals surface area contributed by atoms with Crippen LogP contribution in [0.15, 0.2) is 12.3 Å². The van der Waals surface area contributed by atoms with Gasteiger partial charge in [0.25, 0.3) is 0 Å². The van der Waals surface area contributed by atoms with Gasteiger partial charge in [-0.3, -0.25) is 4.98 Å². The summed E-state index contributed by atoms with van der Waals surface area (Å²) in [6, 6.07) is 2.61. The average Bonchev–Trinajstić information content (AvgIpc) is 2.16. The molecule has 0 saturated carbocycles. The van der Waals surface area contributed by atoms with E-state index in [1.807, 2.05) is 13.1 Å². The molecule has 0 unspecified atom stereocenters. The van der Waals surface area contributed by atoms with Crippen molar-refractivity contribution in [2.75, 3.05) is 18.1 Å². The maximum atomic E-state index is 5.55. The van der Waals surface area contributed by atoms with Crippen LogP contribution in [-0.4, -0.2) is 24.2 Å². The van der Waals surface area contributed by atoms with Gasteiger partial charge in [-0.1, -0.05) is 0 Å². The minimum Gasteiger partial charge on any atom is -0.488 e. The van der Waals surface area contributed by atoms with Crippen LogP contribution in [-0.2, 0) is 0 Å². The van der Waals surface area contributed by atoms with Gasteiger partial charge in [0, 0.05) is 11.7 Å². The van der Waals surface area contributed by atoms with Gasteiger partial charge in [0.2, 0.25) is 0 Å². The van der Waals surface area contributed by atoms with E-state index in [0.717, 1.165) is 24.6 Å². The predicted molar refractivity (Wildman–Crippen MR) is 57.0 cm³/mol. The molecule has 2 heterocycles. The van der Waals surface area contributed by atoms with Crippen molar-refractivity contribution >= 4 is 5.69 Å². The fourth-order valence-corrected chi connectivity index (χ4v) is 1.78. The van der Waals surface area contributed by atoms with Gasteiger partial charge in [-0.05, 0) is 26.8 Å². The van der Waals surface area contributed by atoms with Crippen molar-refractivity contribution in [3.63, 3.8) is 0 Å². The van der Waals surface area contributed by atoms with Crippen LogP contribution >= 0.6 is 0 Å². The van der Waals surface area contributed by atoms with E-state index >= 15 is 0 Å². The quantitative estimate of drug-likeness (QED) is 0.680. The fraction of sp³-hybridized carbons (Fsp3) is 0.545. The molecule has 0 saturated heterocycles. The molecule has 1 aromatic rings. The third-order valence-electron chi connectivity index (χ3n) is 2.51. The zero-order valence-electron chi connectivity index (χ0n) is 8.95. The summed E-state index contributed by atoms with van der Waals surface area (Å²) in [6.45, 7) is 8.13. The van der Waals surface area contributed by atoms with Crippen LogP contribution in [0.4, 0.5) is 5.69 Å².